The molecule has 43 heavy (non-hydrogen) atoms. The van der Waals surface area contributed by atoms with E-state index in [2.05, 4.69) is 41.5 Å². The summed E-state index contributed by atoms with van der Waals surface area (Å²) >= 11 is 0. The molecule has 5 rings (SSSR count). The molecule has 0 spiro atoms. The second-order valence-corrected chi connectivity index (χ2v) is 11.8. The minimum absolute atomic E-state index is 0.0345. The molecule has 9 heteroatoms. The van der Waals surface area contributed by atoms with Gasteiger partial charge in [0.1, 0.15) is 5.60 Å². The smallest absolute Gasteiger partial charge is 0.410 e. The standard InChI is InChI=1S/C34H37N5O4/c1-23-21-30(31(35)40)36-39(23)29-15-7-25(8-16-29)22-24-5-9-26(10-6-24)27-11-13-28(14-12-27)32(41)37-17-19-38(20-18-37)33(42)43-34(2,3)4/h5-16,21H,17-20,22H2,1-4H3,(H2,35,40). The molecule has 1 aromatic heterocycles. The monoisotopic (exact) mass is 579 g/mol. The lowest BCUT2D eigenvalue weighted by atomic mass is 9.99. The Hall–Kier alpha value is -4.92. The SMILES string of the molecule is Cc1cc(C(N)=O)nn1-c1ccc(Cc2ccc(-c3ccc(C(=O)N4CCN(C(=O)OC(C)(C)C)CC4)cc3)cc2)cc1. The third-order valence-corrected chi connectivity index (χ3v) is 7.37. The van der Waals surface area contributed by atoms with E-state index < -0.39 is 11.5 Å². The van der Waals surface area contributed by atoms with E-state index >= 15 is 0 Å². The normalized spacial score (nSPS) is 13.6. The van der Waals surface area contributed by atoms with E-state index in [1.54, 1.807) is 20.5 Å². The second kappa shape index (κ2) is 12.1. The summed E-state index contributed by atoms with van der Waals surface area (Å²) in [6.45, 7) is 9.28. The first-order chi connectivity index (χ1) is 20.5. The molecule has 222 valence electrons. The maximum absolute atomic E-state index is 13.1. The lowest BCUT2D eigenvalue weighted by molar-refractivity contribution is 0.0141. The van der Waals surface area contributed by atoms with Crippen LogP contribution in [0.5, 0.6) is 0 Å². The van der Waals surface area contributed by atoms with Crippen molar-refractivity contribution in [2.45, 2.75) is 39.7 Å². The number of hydrogen-bond acceptors (Lipinski definition) is 5. The Morgan fingerprint density at radius 1 is 0.791 bits per heavy atom. The maximum atomic E-state index is 13.1. The Labute approximate surface area is 251 Å². The molecule has 1 aliphatic heterocycles. The van der Waals surface area contributed by atoms with Crippen LogP contribution in [0.15, 0.2) is 78.9 Å². The van der Waals surface area contributed by atoms with Gasteiger partial charge in [0, 0.05) is 37.4 Å². The van der Waals surface area contributed by atoms with Crippen LogP contribution in [0.3, 0.4) is 0 Å². The quantitative estimate of drug-likeness (QED) is 0.336. The Morgan fingerprint density at radius 2 is 1.30 bits per heavy atom. The van der Waals surface area contributed by atoms with Gasteiger partial charge in [0.2, 0.25) is 0 Å². The van der Waals surface area contributed by atoms with E-state index in [0.717, 1.165) is 34.5 Å². The number of benzene rings is 3. The summed E-state index contributed by atoms with van der Waals surface area (Å²) in [4.78, 5) is 40.3. The highest BCUT2D eigenvalue weighted by Gasteiger charge is 2.28. The average molecular weight is 580 g/mol. The lowest BCUT2D eigenvalue weighted by Crippen LogP contribution is -2.51. The molecule has 0 atom stereocenters. The Morgan fingerprint density at radius 3 is 1.81 bits per heavy atom. The number of ether oxygens (including phenoxy) is 1. The van der Waals surface area contributed by atoms with Crippen molar-refractivity contribution in [2.24, 2.45) is 5.73 Å². The predicted molar refractivity (Wildman–Crippen MR) is 165 cm³/mol. The highest BCUT2D eigenvalue weighted by molar-refractivity contribution is 5.95. The van der Waals surface area contributed by atoms with Crippen molar-refractivity contribution in [3.8, 4) is 16.8 Å². The minimum atomic E-state index is -0.543. The summed E-state index contributed by atoms with van der Waals surface area (Å²) in [6.07, 6.45) is 0.439. The van der Waals surface area contributed by atoms with Crippen molar-refractivity contribution in [1.82, 2.24) is 19.6 Å². The number of hydrogen-bond donors (Lipinski definition) is 1. The maximum Gasteiger partial charge on any atom is 0.410 e. The molecule has 0 saturated carbocycles. The van der Waals surface area contributed by atoms with Gasteiger partial charge in [-0.25, -0.2) is 9.48 Å². The summed E-state index contributed by atoms with van der Waals surface area (Å²) in [5.41, 5.74) is 11.9. The van der Waals surface area contributed by atoms with Crippen LogP contribution in [0.1, 0.15) is 58.4 Å². The first-order valence-electron chi connectivity index (χ1n) is 14.4. The number of aromatic nitrogens is 2. The van der Waals surface area contributed by atoms with E-state index in [-0.39, 0.29) is 17.7 Å². The van der Waals surface area contributed by atoms with Crippen LogP contribution in [-0.2, 0) is 11.2 Å². The van der Waals surface area contributed by atoms with Gasteiger partial charge in [-0.15, -0.1) is 0 Å². The number of nitrogens with two attached hydrogens (primary N) is 1. The van der Waals surface area contributed by atoms with Crippen molar-refractivity contribution in [3.05, 3.63) is 107 Å². The molecule has 0 bridgehead atoms. The van der Waals surface area contributed by atoms with Crippen LogP contribution in [0, 0.1) is 6.92 Å². The molecule has 4 aromatic rings. The third kappa shape index (κ3) is 7.12. The van der Waals surface area contributed by atoms with Crippen molar-refractivity contribution >= 4 is 17.9 Å². The number of carbonyl (C=O) groups excluding carboxylic acids is 3. The fourth-order valence-corrected chi connectivity index (χ4v) is 5.07. The summed E-state index contributed by atoms with van der Waals surface area (Å²) in [7, 11) is 0. The lowest BCUT2D eigenvalue weighted by Gasteiger charge is -2.35. The van der Waals surface area contributed by atoms with Gasteiger partial charge in [0.15, 0.2) is 5.69 Å². The van der Waals surface area contributed by atoms with Gasteiger partial charge < -0.3 is 20.3 Å². The first-order valence-corrected chi connectivity index (χ1v) is 14.4. The molecule has 0 aliphatic carbocycles. The number of rotatable bonds is 6. The number of piperazine rings is 1. The fraction of sp³-hybridized carbons (Fsp3) is 0.294. The Bertz CT molecular complexity index is 1610. The zero-order chi connectivity index (χ0) is 30.7. The summed E-state index contributed by atoms with van der Waals surface area (Å²) in [5, 5.41) is 4.29. The van der Waals surface area contributed by atoms with Gasteiger partial charge in [-0.3, -0.25) is 9.59 Å². The van der Waals surface area contributed by atoms with Crippen LogP contribution in [-0.4, -0.2) is 69.3 Å². The van der Waals surface area contributed by atoms with E-state index in [0.29, 0.717) is 31.7 Å². The largest absolute Gasteiger partial charge is 0.444 e. The zero-order valence-electron chi connectivity index (χ0n) is 25.0. The number of primary amides is 1. The summed E-state index contributed by atoms with van der Waals surface area (Å²) in [5.74, 6) is -0.578. The number of nitrogens with zero attached hydrogens (tertiary/aromatic N) is 4. The third-order valence-electron chi connectivity index (χ3n) is 7.37. The van der Waals surface area contributed by atoms with Crippen LogP contribution < -0.4 is 5.73 Å². The van der Waals surface area contributed by atoms with Crippen LogP contribution >= 0.6 is 0 Å². The van der Waals surface area contributed by atoms with Crippen LogP contribution in [0.25, 0.3) is 16.8 Å². The average Bonchev–Trinajstić information content (AvgIpc) is 3.39. The van der Waals surface area contributed by atoms with Gasteiger partial charge in [-0.1, -0.05) is 48.5 Å². The molecule has 1 saturated heterocycles. The first kappa shape index (κ1) is 29.6. The molecule has 9 nitrogen and oxygen atoms in total. The topological polar surface area (TPSA) is 111 Å². The van der Waals surface area contributed by atoms with E-state index in [1.165, 1.54) is 5.56 Å². The summed E-state index contributed by atoms with van der Waals surface area (Å²) in [6, 6.07) is 25.8. The van der Waals surface area contributed by atoms with Gasteiger partial charge in [-0.05, 0) is 86.7 Å². The molecule has 3 amide bonds. The number of aryl methyl sites for hydroxylation is 1. The molecule has 1 fully saturated rings. The van der Waals surface area contributed by atoms with E-state index in [4.69, 9.17) is 10.5 Å². The van der Waals surface area contributed by atoms with Gasteiger partial charge in [-0.2, -0.15) is 5.10 Å². The molecule has 2 heterocycles. The molecule has 3 aromatic carbocycles. The second-order valence-electron chi connectivity index (χ2n) is 11.8. The van der Waals surface area contributed by atoms with E-state index in [9.17, 15) is 14.4 Å². The summed E-state index contributed by atoms with van der Waals surface area (Å²) < 4.78 is 7.16. The number of carbonyl (C=O) groups is 3. The molecule has 1 aliphatic rings. The highest BCUT2D eigenvalue weighted by Crippen LogP contribution is 2.23. The molecular weight excluding hydrogens is 542 g/mol. The fourth-order valence-electron chi connectivity index (χ4n) is 5.07. The van der Waals surface area contributed by atoms with Gasteiger partial charge >= 0.3 is 6.09 Å². The molecule has 0 unspecified atom stereocenters. The molecular formula is C34H37N5O4. The van der Waals surface area contributed by atoms with Gasteiger partial charge in [0.05, 0.1) is 5.69 Å². The van der Waals surface area contributed by atoms with Gasteiger partial charge in [0.25, 0.3) is 11.8 Å². The predicted octanol–water partition coefficient (Wildman–Crippen LogP) is 5.23. The number of amides is 3. The van der Waals surface area contributed by atoms with Crippen molar-refractivity contribution in [3.63, 3.8) is 0 Å². The van der Waals surface area contributed by atoms with Crippen molar-refractivity contribution < 1.29 is 19.1 Å². The Kier molecular flexibility index (Phi) is 8.34. The minimum Gasteiger partial charge on any atom is -0.444 e. The molecule has 0 radical (unpaired) electrons. The van der Waals surface area contributed by atoms with Crippen LogP contribution in [0.2, 0.25) is 0 Å². The Balaban J connectivity index is 1.16. The molecule has 2 N–H and O–H groups in total. The van der Waals surface area contributed by atoms with Crippen molar-refractivity contribution in [1.29, 1.82) is 0 Å². The zero-order valence-corrected chi connectivity index (χ0v) is 25.0. The van der Waals surface area contributed by atoms with Crippen LogP contribution in [0.4, 0.5) is 4.79 Å². The van der Waals surface area contributed by atoms with E-state index in [1.807, 2.05) is 64.1 Å². The highest BCUT2D eigenvalue weighted by atomic mass is 16.6. The van der Waals surface area contributed by atoms with Crippen molar-refractivity contribution in [2.75, 3.05) is 26.2 Å².